The van der Waals surface area contributed by atoms with Crippen LogP contribution in [0.5, 0.6) is 11.5 Å². The molecular weight excluding hydrogens is 407 g/mol. The second kappa shape index (κ2) is 10.7. The third-order valence-corrected chi connectivity index (χ3v) is 5.19. The first-order valence-electron chi connectivity index (χ1n) is 9.33. The van der Waals surface area contributed by atoms with Crippen molar-refractivity contribution in [2.45, 2.75) is 13.2 Å². The first-order chi connectivity index (χ1) is 14.6. The summed E-state index contributed by atoms with van der Waals surface area (Å²) in [4.78, 5) is 19.1. The minimum absolute atomic E-state index is 0.202. The van der Waals surface area contributed by atoms with Crippen molar-refractivity contribution in [1.82, 2.24) is 9.88 Å². The van der Waals surface area contributed by atoms with Gasteiger partial charge in [0.15, 0.2) is 11.5 Å². The highest BCUT2D eigenvalue weighted by atomic mass is 32.1. The predicted molar refractivity (Wildman–Crippen MR) is 112 cm³/mol. The van der Waals surface area contributed by atoms with Gasteiger partial charge in [-0.15, -0.1) is 11.3 Å². The number of methoxy groups -OCH3 is 2. The third kappa shape index (κ3) is 5.77. The first-order valence-corrected chi connectivity index (χ1v) is 10.2. The van der Waals surface area contributed by atoms with Crippen LogP contribution in [0.3, 0.4) is 0 Å². The molecule has 3 aromatic rings. The predicted octanol–water partition coefficient (Wildman–Crippen LogP) is 4.16. The lowest BCUT2D eigenvalue weighted by molar-refractivity contribution is 0.0678. The van der Waals surface area contributed by atoms with Crippen molar-refractivity contribution in [3.8, 4) is 11.5 Å². The zero-order valence-electron chi connectivity index (χ0n) is 16.8. The molecule has 0 saturated carbocycles. The van der Waals surface area contributed by atoms with Crippen LogP contribution in [0.1, 0.15) is 21.1 Å². The molecule has 0 aliphatic carbocycles. The van der Waals surface area contributed by atoms with E-state index in [1.54, 1.807) is 19.1 Å². The van der Waals surface area contributed by atoms with Crippen molar-refractivity contribution in [3.63, 3.8) is 0 Å². The highest BCUT2D eigenvalue weighted by Gasteiger charge is 2.18. The Hall–Kier alpha value is -2.97. The zero-order chi connectivity index (χ0) is 21.3. The van der Waals surface area contributed by atoms with Crippen LogP contribution in [-0.4, -0.2) is 43.2 Å². The van der Waals surface area contributed by atoms with E-state index in [0.29, 0.717) is 43.4 Å². The van der Waals surface area contributed by atoms with Gasteiger partial charge >= 0.3 is 0 Å². The van der Waals surface area contributed by atoms with Gasteiger partial charge in [-0.3, -0.25) is 4.79 Å². The minimum atomic E-state index is -0.380. The Bertz CT molecular complexity index is 962. The number of hydrogen-bond acceptors (Lipinski definition) is 6. The van der Waals surface area contributed by atoms with Crippen molar-refractivity contribution in [2.75, 3.05) is 27.4 Å². The molecule has 8 heteroatoms. The van der Waals surface area contributed by atoms with Crippen LogP contribution in [0.25, 0.3) is 0 Å². The molecule has 0 N–H and O–H groups in total. The quantitative estimate of drug-likeness (QED) is 0.483. The van der Waals surface area contributed by atoms with Gasteiger partial charge in [-0.05, 0) is 36.4 Å². The van der Waals surface area contributed by atoms with Crippen LogP contribution in [0.2, 0.25) is 0 Å². The van der Waals surface area contributed by atoms with Gasteiger partial charge < -0.3 is 19.1 Å². The smallest absolute Gasteiger partial charge is 0.254 e. The van der Waals surface area contributed by atoms with Gasteiger partial charge in [0, 0.05) is 24.6 Å². The van der Waals surface area contributed by atoms with Crippen molar-refractivity contribution in [3.05, 3.63) is 76.0 Å². The summed E-state index contributed by atoms with van der Waals surface area (Å²) in [5.41, 5.74) is 1.17. The number of thiazole rings is 1. The number of nitrogens with zero attached hydrogens (tertiary/aromatic N) is 2. The van der Waals surface area contributed by atoms with Gasteiger partial charge in [0.2, 0.25) is 0 Å². The standard InChI is InChI=1S/C22H23FN2O4S/c1-27-12-11-25(22(26)16-7-9-17(23)10-8-16)13-18-15-30-21(24-18)14-29-20-6-4-3-5-19(20)28-2/h3-10,15H,11-14H2,1-2H3. The number of halogens is 1. The molecule has 0 unspecified atom stereocenters. The molecule has 0 atom stereocenters. The highest BCUT2D eigenvalue weighted by molar-refractivity contribution is 7.09. The molecule has 0 aliphatic rings. The summed E-state index contributed by atoms with van der Waals surface area (Å²) in [5, 5.41) is 2.69. The summed E-state index contributed by atoms with van der Waals surface area (Å²) in [6.45, 7) is 1.41. The maximum absolute atomic E-state index is 13.2. The second-order valence-corrected chi connectivity index (χ2v) is 7.34. The van der Waals surface area contributed by atoms with E-state index in [9.17, 15) is 9.18 Å². The summed E-state index contributed by atoms with van der Waals surface area (Å²) in [7, 11) is 3.17. The van der Waals surface area contributed by atoms with Gasteiger partial charge in [-0.1, -0.05) is 12.1 Å². The van der Waals surface area contributed by atoms with Gasteiger partial charge in [-0.2, -0.15) is 0 Å². The molecule has 0 aliphatic heterocycles. The van der Waals surface area contributed by atoms with E-state index < -0.39 is 0 Å². The number of hydrogen-bond donors (Lipinski definition) is 0. The topological polar surface area (TPSA) is 60.9 Å². The molecule has 0 saturated heterocycles. The number of para-hydroxylation sites is 2. The maximum atomic E-state index is 13.2. The maximum Gasteiger partial charge on any atom is 0.254 e. The Morgan fingerprint density at radius 2 is 1.83 bits per heavy atom. The van der Waals surface area contributed by atoms with Gasteiger partial charge in [0.1, 0.15) is 17.4 Å². The molecule has 0 fully saturated rings. The SMILES string of the molecule is COCCN(Cc1csc(COc2ccccc2OC)n1)C(=O)c1ccc(F)cc1. The molecule has 158 valence electrons. The van der Waals surface area contributed by atoms with Gasteiger partial charge in [0.25, 0.3) is 5.91 Å². The first kappa shape index (κ1) is 21.7. The van der Waals surface area contributed by atoms with E-state index in [4.69, 9.17) is 14.2 Å². The molecule has 0 spiro atoms. The van der Waals surface area contributed by atoms with Crippen molar-refractivity contribution >= 4 is 17.2 Å². The minimum Gasteiger partial charge on any atom is -0.493 e. The molecule has 1 aromatic heterocycles. The summed E-state index contributed by atoms with van der Waals surface area (Å²) < 4.78 is 29.4. The van der Waals surface area contributed by atoms with E-state index in [-0.39, 0.29) is 11.7 Å². The lowest BCUT2D eigenvalue weighted by Gasteiger charge is -2.21. The lowest BCUT2D eigenvalue weighted by Crippen LogP contribution is -2.33. The molecular formula is C22H23FN2O4S. The van der Waals surface area contributed by atoms with E-state index in [1.165, 1.54) is 35.6 Å². The van der Waals surface area contributed by atoms with Crippen LogP contribution in [0.15, 0.2) is 53.9 Å². The fourth-order valence-electron chi connectivity index (χ4n) is 2.79. The molecule has 0 bridgehead atoms. The van der Waals surface area contributed by atoms with Crippen LogP contribution >= 0.6 is 11.3 Å². The monoisotopic (exact) mass is 430 g/mol. The largest absolute Gasteiger partial charge is 0.493 e. The fourth-order valence-corrected chi connectivity index (χ4v) is 3.49. The lowest BCUT2D eigenvalue weighted by atomic mass is 10.2. The Kier molecular flexibility index (Phi) is 7.75. The van der Waals surface area contributed by atoms with E-state index in [0.717, 1.165) is 10.7 Å². The Morgan fingerprint density at radius 3 is 2.53 bits per heavy atom. The van der Waals surface area contributed by atoms with Crippen LogP contribution in [0, 0.1) is 5.82 Å². The van der Waals surface area contributed by atoms with Gasteiger partial charge in [0.05, 0.1) is 26.0 Å². The third-order valence-electron chi connectivity index (χ3n) is 4.32. The Labute approximate surface area is 178 Å². The molecule has 6 nitrogen and oxygen atoms in total. The number of benzene rings is 2. The molecule has 3 rings (SSSR count). The van der Waals surface area contributed by atoms with Crippen molar-refractivity contribution < 1.29 is 23.4 Å². The van der Waals surface area contributed by atoms with E-state index in [2.05, 4.69) is 4.98 Å². The van der Waals surface area contributed by atoms with Gasteiger partial charge in [-0.25, -0.2) is 9.37 Å². The number of carbonyl (C=O) groups excluding carboxylic acids is 1. The number of carbonyl (C=O) groups is 1. The average molecular weight is 431 g/mol. The van der Waals surface area contributed by atoms with Crippen LogP contribution in [-0.2, 0) is 17.9 Å². The average Bonchev–Trinajstić information content (AvgIpc) is 3.22. The fraction of sp³-hybridized carbons (Fsp3) is 0.273. The van der Waals surface area contributed by atoms with E-state index in [1.807, 2.05) is 29.6 Å². The van der Waals surface area contributed by atoms with Crippen molar-refractivity contribution in [1.29, 1.82) is 0 Å². The van der Waals surface area contributed by atoms with Crippen LogP contribution in [0.4, 0.5) is 4.39 Å². The molecule has 2 aromatic carbocycles. The summed E-state index contributed by atoms with van der Waals surface area (Å²) >= 11 is 1.46. The van der Waals surface area contributed by atoms with Crippen LogP contribution < -0.4 is 9.47 Å². The van der Waals surface area contributed by atoms with E-state index >= 15 is 0 Å². The highest BCUT2D eigenvalue weighted by Crippen LogP contribution is 2.27. The summed E-state index contributed by atoms with van der Waals surface area (Å²) in [5.74, 6) is 0.718. The number of aromatic nitrogens is 1. The Morgan fingerprint density at radius 1 is 1.10 bits per heavy atom. The molecule has 30 heavy (non-hydrogen) atoms. The normalized spacial score (nSPS) is 10.6. The van der Waals surface area contributed by atoms with Crippen molar-refractivity contribution in [2.24, 2.45) is 0 Å². The molecule has 0 radical (unpaired) electrons. The second-order valence-electron chi connectivity index (χ2n) is 6.40. The molecule has 1 heterocycles. The number of amides is 1. The number of ether oxygens (including phenoxy) is 3. The number of rotatable bonds is 10. The Balaban J connectivity index is 1.66. The summed E-state index contributed by atoms with van der Waals surface area (Å²) in [6.07, 6.45) is 0. The zero-order valence-corrected chi connectivity index (χ0v) is 17.7. The summed E-state index contributed by atoms with van der Waals surface area (Å²) in [6, 6.07) is 12.9. The molecule has 1 amide bonds.